The number of halogens is 1. The predicted molar refractivity (Wildman–Crippen MR) is 83.4 cm³/mol. The number of aromatic nitrogens is 2. The molecular weight excluding hydrogens is 303 g/mol. The molecule has 3 N–H and O–H groups in total. The Labute approximate surface area is 134 Å². The molecule has 0 unspecified atom stereocenters. The van der Waals surface area contributed by atoms with Crippen LogP contribution in [0.2, 0.25) is 0 Å². The molecule has 0 atom stereocenters. The minimum atomic E-state index is -0.979. The summed E-state index contributed by atoms with van der Waals surface area (Å²) in [5.41, 5.74) is 4.81. The van der Waals surface area contributed by atoms with Crippen molar-refractivity contribution in [3.8, 4) is 0 Å². The highest BCUT2D eigenvalue weighted by atomic mass is 19.1. The molecule has 128 valence electrons. The van der Waals surface area contributed by atoms with Crippen LogP contribution >= 0.6 is 0 Å². The Bertz CT molecular complexity index is 602. The third-order valence-electron chi connectivity index (χ3n) is 2.94. The molecule has 0 saturated heterocycles. The van der Waals surface area contributed by atoms with E-state index < -0.39 is 17.3 Å². The summed E-state index contributed by atoms with van der Waals surface area (Å²) in [5.74, 6) is -0.664. The van der Waals surface area contributed by atoms with Gasteiger partial charge in [0.05, 0.1) is 18.3 Å². The number of carbonyl (C=O) groups is 2. The Kier molecular flexibility index (Phi) is 6.29. The number of nitrogens with one attached hydrogen (secondary N) is 1. The molecule has 0 aliphatic rings. The SMILES string of the molecule is CCNC(=O)c1cnn(CC(COC(N)=O)=C(F)C(C)(C)C)c1. The standard InChI is InChI=1S/C15H23FN4O3/c1-5-18-13(21)10-6-19-20(7-10)8-11(9-23-14(17)22)12(16)15(2,3)4/h6-7H,5,8-9H2,1-4H3,(H2,17,22)(H,18,21). The molecule has 0 aromatic carbocycles. The van der Waals surface area contributed by atoms with Gasteiger partial charge in [-0.3, -0.25) is 9.48 Å². The number of nitrogens with zero attached hydrogens (tertiary/aromatic N) is 2. The van der Waals surface area contributed by atoms with Crippen LogP contribution in [0, 0.1) is 5.41 Å². The molecular formula is C15H23FN4O3. The van der Waals surface area contributed by atoms with E-state index in [2.05, 4.69) is 10.4 Å². The Balaban J connectivity index is 2.98. The number of hydrogen-bond donors (Lipinski definition) is 2. The summed E-state index contributed by atoms with van der Waals surface area (Å²) in [4.78, 5) is 22.5. The Morgan fingerprint density at radius 3 is 2.61 bits per heavy atom. The predicted octanol–water partition coefficient (Wildman–Crippen LogP) is 2.00. The summed E-state index contributed by atoms with van der Waals surface area (Å²) < 4.78 is 20.6. The first-order valence-corrected chi connectivity index (χ1v) is 7.26. The molecule has 1 aromatic rings. The molecule has 0 saturated carbocycles. The summed E-state index contributed by atoms with van der Waals surface area (Å²) in [6, 6.07) is 0. The summed E-state index contributed by atoms with van der Waals surface area (Å²) in [6.07, 6.45) is 1.92. The summed E-state index contributed by atoms with van der Waals surface area (Å²) >= 11 is 0. The van der Waals surface area contributed by atoms with Gasteiger partial charge in [-0.25, -0.2) is 9.18 Å². The summed E-state index contributed by atoms with van der Waals surface area (Å²) in [7, 11) is 0. The molecule has 0 radical (unpaired) electrons. The van der Waals surface area contributed by atoms with Crippen LogP contribution in [0.5, 0.6) is 0 Å². The minimum Gasteiger partial charge on any atom is -0.445 e. The van der Waals surface area contributed by atoms with Crippen LogP contribution in [0.25, 0.3) is 0 Å². The number of carbonyl (C=O) groups excluding carboxylic acids is 2. The number of amides is 2. The first kappa shape index (κ1) is 18.7. The van der Waals surface area contributed by atoms with Crippen molar-refractivity contribution in [3.63, 3.8) is 0 Å². The average Bonchev–Trinajstić information content (AvgIpc) is 2.90. The van der Waals surface area contributed by atoms with Gasteiger partial charge in [-0.1, -0.05) is 20.8 Å². The zero-order valence-electron chi connectivity index (χ0n) is 13.9. The van der Waals surface area contributed by atoms with E-state index >= 15 is 0 Å². The third-order valence-corrected chi connectivity index (χ3v) is 2.94. The fraction of sp³-hybridized carbons (Fsp3) is 0.533. The van der Waals surface area contributed by atoms with E-state index in [4.69, 9.17) is 10.5 Å². The zero-order chi connectivity index (χ0) is 17.6. The highest BCUT2D eigenvalue weighted by molar-refractivity contribution is 5.93. The first-order valence-electron chi connectivity index (χ1n) is 7.26. The quantitative estimate of drug-likeness (QED) is 0.835. The molecule has 2 amide bonds. The summed E-state index contributed by atoms with van der Waals surface area (Å²) in [6.45, 7) is 7.20. The van der Waals surface area contributed by atoms with Crippen LogP contribution in [-0.2, 0) is 11.3 Å². The van der Waals surface area contributed by atoms with E-state index in [0.717, 1.165) is 0 Å². The molecule has 0 spiro atoms. The van der Waals surface area contributed by atoms with Gasteiger partial charge in [0.15, 0.2) is 0 Å². The third kappa shape index (κ3) is 5.72. The van der Waals surface area contributed by atoms with Crippen LogP contribution in [-0.4, -0.2) is 34.9 Å². The number of allylic oxidation sites excluding steroid dienone is 1. The highest BCUT2D eigenvalue weighted by Crippen LogP contribution is 2.30. The minimum absolute atomic E-state index is 0.0514. The molecule has 23 heavy (non-hydrogen) atoms. The average molecular weight is 326 g/mol. The van der Waals surface area contributed by atoms with Gasteiger partial charge in [0.25, 0.3) is 5.91 Å². The lowest BCUT2D eigenvalue weighted by molar-refractivity contribution is 0.0955. The van der Waals surface area contributed by atoms with Gasteiger partial charge in [0.1, 0.15) is 12.4 Å². The molecule has 1 rings (SSSR count). The van der Waals surface area contributed by atoms with Crippen LogP contribution in [0.4, 0.5) is 9.18 Å². The molecule has 0 aliphatic carbocycles. The second-order valence-electron chi connectivity index (χ2n) is 6.06. The van der Waals surface area contributed by atoms with Crippen molar-refractivity contribution in [2.75, 3.05) is 13.2 Å². The maximum absolute atomic E-state index is 14.5. The fourth-order valence-electron chi connectivity index (χ4n) is 1.89. The molecule has 7 nitrogen and oxygen atoms in total. The lowest BCUT2D eigenvalue weighted by Gasteiger charge is -2.20. The maximum Gasteiger partial charge on any atom is 0.404 e. The normalized spacial score (nSPS) is 12.6. The topological polar surface area (TPSA) is 99.2 Å². The van der Waals surface area contributed by atoms with Crippen LogP contribution in [0.15, 0.2) is 23.8 Å². The van der Waals surface area contributed by atoms with Gasteiger partial charge in [0, 0.05) is 23.7 Å². The first-order chi connectivity index (χ1) is 10.6. The van der Waals surface area contributed by atoms with Gasteiger partial charge in [-0.15, -0.1) is 0 Å². The monoisotopic (exact) mass is 326 g/mol. The van der Waals surface area contributed by atoms with E-state index in [1.165, 1.54) is 17.1 Å². The molecule has 8 heteroatoms. The van der Waals surface area contributed by atoms with Crippen molar-refractivity contribution >= 4 is 12.0 Å². The van der Waals surface area contributed by atoms with E-state index in [0.29, 0.717) is 12.1 Å². The highest BCUT2D eigenvalue weighted by Gasteiger charge is 2.23. The number of nitrogens with two attached hydrogens (primary N) is 1. The van der Waals surface area contributed by atoms with E-state index in [-0.39, 0.29) is 24.6 Å². The lowest BCUT2D eigenvalue weighted by atomic mass is 9.92. The Hall–Kier alpha value is -2.38. The van der Waals surface area contributed by atoms with Crippen LogP contribution in [0.1, 0.15) is 38.1 Å². The molecule has 0 aliphatic heterocycles. The Morgan fingerprint density at radius 1 is 1.43 bits per heavy atom. The summed E-state index contributed by atoms with van der Waals surface area (Å²) in [5, 5.41) is 6.69. The van der Waals surface area contributed by atoms with Crippen LogP contribution < -0.4 is 11.1 Å². The number of ether oxygens (including phenoxy) is 1. The fourth-order valence-corrected chi connectivity index (χ4v) is 1.89. The van der Waals surface area contributed by atoms with Crippen molar-refractivity contribution in [2.45, 2.75) is 34.2 Å². The van der Waals surface area contributed by atoms with Crippen molar-refractivity contribution < 1.29 is 18.7 Å². The number of hydrogen-bond acceptors (Lipinski definition) is 4. The van der Waals surface area contributed by atoms with Gasteiger partial charge in [-0.2, -0.15) is 5.10 Å². The molecule has 0 fully saturated rings. The molecule has 1 aromatic heterocycles. The zero-order valence-corrected chi connectivity index (χ0v) is 13.9. The smallest absolute Gasteiger partial charge is 0.404 e. The Morgan fingerprint density at radius 2 is 2.09 bits per heavy atom. The van der Waals surface area contributed by atoms with Gasteiger partial charge in [-0.05, 0) is 6.92 Å². The largest absolute Gasteiger partial charge is 0.445 e. The van der Waals surface area contributed by atoms with Crippen molar-refractivity contribution in [1.82, 2.24) is 15.1 Å². The van der Waals surface area contributed by atoms with E-state index in [1.54, 1.807) is 20.8 Å². The molecule has 0 bridgehead atoms. The van der Waals surface area contributed by atoms with Crippen molar-refractivity contribution in [3.05, 3.63) is 29.4 Å². The second kappa shape index (κ2) is 7.75. The van der Waals surface area contributed by atoms with E-state index in [1.807, 2.05) is 6.92 Å². The maximum atomic E-state index is 14.5. The van der Waals surface area contributed by atoms with E-state index in [9.17, 15) is 14.0 Å². The van der Waals surface area contributed by atoms with Crippen molar-refractivity contribution in [1.29, 1.82) is 0 Å². The van der Waals surface area contributed by atoms with Gasteiger partial charge in [0.2, 0.25) is 0 Å². The number of rotatable bonds is 6. The van der Waals surface area contributed by atoms with Crippen LogP contribution in [0.3, 0.4) is 0 Å². The molecule has 1 heterocycles. The van der Waals surface area contributed by atoms with Crippen molar-refractivity contribution in [2.24, 2.45) is 11.1 Å². The van der Waals surface area contributed by atoms with Gasteiger partial charge >= 0.3 is 6.09 Å². The number of primary amides is 1. The lowest BCUT2D eigenvalue weighted by Crippen LogP contribution is -2.22. The van der Waals surface area contributed by atoms with Gasteiger partial charge < -0.3 is 15.8 Å². The second-order valence-corrected chi connectivity index (χ2v) is 6.06.